The number of amides is 1. The number of H-pyrrole nitrogens is 1. The molecule has 0 saturated heterocycles. The second kappa shape index (κ2) is 8.17. The number of para-hydroxylation sites is 1. The van der Waals surface area contributed by atoms with Crippen molar-refractivity contribution in [1.29, 1.82) is 0 Å². The zero-order valence-electron chi connectivity index (χ0n) is 18.9. The van der Waals surface area contributed by atoms with Crippen LogP contribution < -0.4 is 5.56 Å². The van der Waals surface area contributed by atoms with Crippen molar-refractivity contribution in [1.82, 2.24) is 9.99 Å². The van der Waals surface area contributed by atoms with Gasteiger partial charge in [-0.15, -0.1) is 0 Å². The Labute approximate surface area is 192 Å². The fraction of sp³-hybridized carbons (Fsp3) is 0.179. The molecular weight excluding hydrogens is 410 g/mol. The number of aromatic nitrogens is 1. The Morgan fingerprint density at radius 1 is 0.939 bits per heavy atom. The lowest BCUT2D eigenvalue weighted by atomic mass is 9.90. The van der Waals surface area contributed by atoms with Crippen LogP contribution >= 0.6 is 0 Å². The number of fused-ring (bicyclic) bond motifs is 1. The third-order valence-electron chi connectivity index (χ3n) is 6.33. The van der Waals surface area contributed by atoms with Crippen molar-refractivity contribution in [3.63, 3.8) is 0 Å². The lowest BCUT2D eigenvalue weighted by molar-refractivity contribution is -0.130. The van der Waals surface area contributed by atoms with Gasteiger partial charge in [0.15, 0.2) is 0 Å². The summed E-state index contributed by atoms with van der Waals surface area (Å²) in [4.78, 5) is 29.0. The minimum absolute atomic E-state index is 0.146. The Kier molecular flexibility index (Phi) is 5.17. The van der Waals surface area contributed by atoms with Crippen LogP contribution in [0.1, 0.15) is 41.6 Å². The maximum Gasteiger partial charge on any atom is 0.258 e. The van der Waals surface area contributed by atoms with E-state index in [4.69, 9.17) is 5.10 Å². The van der Waals surface area contributed by atoms with Gasteiger partial charge in [-0.25, -0.2) is 5.01 Å². The van der Waals surface area contributed by atoms with Crippen LogP contribution in [0.4, 0.5) is 0 Å². The highest BCUT2D eigenvalue weighted by atomic mass is 16.2. The van der Waals surface area contributed by atoms with Crippen molar-refractivity contribution < 1.29 is 4.79 Å². The molecule has 3 aromatic carbocycles. The van der Waals surface area contributed by atoms with Crippen LogP contribution in [0.25, 0.3) is 22.0 Å². The predicted molar refractivity (Wildman–Crippen MR) is 132 cm³/mol. The van der Waals surface area contributed by atoms with Gasteiger partial charge >= 0.3 is 0 Å². The normalized spacial score (nSPS) is 15.7. The highest BCUT2D eigenvalue weighted by Crippen LogP contribution is 2.37. The van der Waals surface area contributed by atoms with E-state index in [2.05, 4.69) is 4.98 Å². The lowest BCUT2D eigenvalue weighted by Gasteiger charge is -2.22. The van der Waals surface area contributed by atoms with Crippen LogP contribution in [0.2, 0.25) is 0 Å². The summed E-state index contributed by atoms with van der Waals surface area (Å²) in [7, 11) is 0. The number of aromatic amines is 1. The number of hydrazone groups is 1. The third-order valence-corrected chi connectivity index (χ3v) is 6.33. The number of carbonyl (C=O) groups excluding carboxylic acids is 1. The standard InChI is InChI=1S/C28H25N3O2/c1-17-12-14-20(15-13-17)26-22-10-6-7-11-23(22)29-28(33)27(26)24-16-25(31(30-24)19(3)32)21-9-5-4-8-18(21)2/h4-15,25H,16H2,1-3H3,(H,29,33)/t25-/m1/s1. The van der Waals surface area contributed by atoms with Crippen molar-refractivity contribution in [3.05, 3.63) is 105 Å². The number of nitrogens with zero attached hydrogens (tertiary/aromatic N) is 2. The van der Waals surface area contributed by atoms with E-state index in [1.807, 2.05) is 86.6 Å². The molecule has 0 fully saturated rings. The van der Waals surface area contributed by atoms with E-state index < -0.39 is 0 Å². The number of hydrogen-bond acceptors (Lipinski definition) is 3. The minimum Gasteiger partial charge on any atom is -0.321 e. The van der Waals surface area contributed by atoms with E-state index in [9.17, 15) is 9.59 Å². The van der Waals surface area contributed by atoms with E-state index in [0.717, 1.165) is 38.7 Å². The molecule has 0 unspecified atom stereocenters. The first-order valence-corrected chi connectivity index (χ1v) is 11.1. The Bertz CT molecular complexity index is 1470. The van der Waals surface area contributed by atoms with Gasteiger partial charge in [-0.2, -0.15) is 5.10 Å². The van der Waals surface area contributed by atoms with Crippen LogP contribution in [-0.2, 0) is 4.79 Å². The van der Waals surface area contributed by atoms with Crippen LogP contribution in [0.3, 0.4) is 0 Å². The number of pyridine rings is 1. The number of rotatable bonds is 3. The smallest absolute Gasteiger partial charge is 0.258 e. The predicted octanol–water partition coefficient (Wildman–Crippen LogP) is 5.51. The maximum absolute atomic E-state index is 13.4. The van der Waals surface area contributed by atoms with Gasteiger partial charge in [0.05, 0.1) is 17.3 Å². The average Bonchev–Trinajstić information content (AvgIpc) is 3.24. The fourth-order valence-electron chi connectivity index (χ4n) is 4.69. The Hall–Kier alpha value is -3.99. The third kappa shape index (κ3) is 3.65. The van der Waals surface area contributed by atoms with Crippen LogP contribution in [0.5, 0.6) is 0 Å². The minimum atomic E-state index is -0.240. The topological polar surface area (TPSA) is 65.5 Å². The summed E-state index contributed by atoms with van der Waals surface area (Å²) in [6.07, 6.45) is 0.477. The molecule has 5 rings (SSSR count). The number of nitrogens with one attached hydrogen (secondary N) is 1. The van der Waals surface area contributed by atoms with Crippen LogP contribution in [-0.4, -0.2) is 21.6 Å². The highest BCUT2D eigenvalue weighted by Gasteiger charge is 2.34. The molecule has 1 aliphatic rings. The Morgan fingerprint density at radius 3 is 2.36 bits per heavy atom. The molecule has 1 amide bonds. The molecule has 1 atom stereocenters. The van der Waals surface area contributed by atoms with Crippen molar-refractivity contribution in [2.45, 2.75) is 33.2 Å². The van der Waals surface area contributed by atoms with Crippen molar-refractivity contribution >= 4 is 22.5 Å². The van der Waals surface area contributed by atoms with Gasteiger partial charge in [-0.05, 0) is 36.6 Å². The molecule has 1 aliphatic heterocycles. The summed E-state index contributed by atoms with van der Waals surface area (Å²) in [5, 5.41) is 7.18. The molecule has 0 bridgehead atoms. The molecule has 5 heteroatoms. The number of hydrogen-bond donors (Lipinski definition) is 1. The van der Waals surface area contributed by atoms with Crippen LogP contribution in [0.15, 0.2) is 82.7 Å². The molecule has 5 nitrogen and oxygen atoms in total. The summed E-state index contributed by atoms with van der Waals surface area (Å²) < 4.78 is 0. The molecule has 0 aliphatic carbocycles. The van der Waals surface area contributed by atoms with Gasteiger partial charge in [-0.3, -0.25) is 9.59 Å². The summed E-state index contributed by atoms with van der Waals surface area (Å²) in [6, 6.07) is 23.7. The van der Waals surface area contributed by atoms with Crippen molar-refractivity contribution in [2.24, 2.45) is 5.10 Å². The van der Waals surface area contributed by atoms with E-state index in [1.54, 1.807) is 0 Å². The second-order valence-corrected chi connectivity index (χ2v) is 8.60. The summed E-state index contributed by atoms with van der Waals surface area (Å²) in [5.41, 5.74) is 6.82. The largest absolute Gasteiger partial charge is 0.321 e. The molecule has 164 valence electrons. The maximum atomic E-state index is 13.4. The van der Waals surface area contributed by atoms with Gasteiger partial charge in [0.2, 0.25) is 5.91 Å². The molecule has 4 aromatic rings. The Balaban J connectivity index is 1.74. The van der Waals surface area contributed by atoms with Crippen molar-refractivity contribution in [2.75, 3.05) is 0 Å². The van der Waals surface area contributed by atoms with E-state index in [1.165, 1.54) is 11.9 Å². The van der Waals surface area contributed by atoms with Gasteiger partial charge in [0.25, 0.3) is 5.56 Å². The SMILES string of the molecule is CC(=O)N1N=C(c2c(-c3ccc(C)cc3)c3ccccc3[nH]c2=O)C[C@@H]1c1ccccc1C. The van der Waals surface area contributed by atoms with E-state index >= 15 is 0 Å². The first kappa shape index (κ1) is 20.9. The summed E-state index contributed by atoms with van der Waals surface area (Å²) >= 11 is 0. The molecule has 0 saturated carbocycles. The first-order valence-electron chi connectivity index (χ1n) is 11.1. The van der Waals surface area contributed by atoms with E-state index in [-0.39, 0.29) is 17.5 Å². The monoisotopic (exact) mass is 435 g/mol. The highest BCUT2D eigenvalue weighted by molar-refractivity contribution is 6.12. The van der Waals surface area contributed by atoms with Gasteiger partial charge in [0, 0.05) is 29.8 Å². The molecule has 2 heterocycles. The fourth-order valence-corrected chi connectivity index (χ4v) is 4.69. The van der Waals surface area contributed by atoms with Crippen LogP contribution in [0, 0.1) is 13.8 Å². The quantitative estimate of drug-likeness (QED) is 0.461. The zero-order valence-corrected chi connectivity index (χ0v) is 18.9. The second-order valence-electron chi connectivity index (χ2n) is 8.60. The molecular formula is C28H25N3O2. The van der Waals surface area contributed by atoms with Crippen molar-refractivity contribution in [3.8, 4) is 11.1 Å². The average molecular weight is 436 g/mol. The zero-order chi connectivity index (χ0) is 23.1. The molecule has 0 spiro atoms. The van der Waals surface area contributed by atoms with Gasteiger partial charge in [0.1, 0.15) is 0 Å². The Morgan fingerprint density at radius 2 is 1.64 bits per heavy atom. The number of aryl methyl sites for hydroxylation is 2. The van der Waals surface area contributed by atoms with E-state index in [0.29, 0.717) is 17.7 Å². The lowest BCUT2D eigenvalue weighted by Crippen LogP contribution is -2.24. The first-order chi connectivity index (χ1) is 15.9. The summed E-state index contributed by atoms with van der Waals surface area (Å²) in [5.74, 6) is -0.146. The molecule has 0 radical (unpaired) electrons. The number of benzene rings is 3. The van der Waals surface area contributed by atoms with Gasteiger partial charge in [-0.1, -0.05) is 72.3 Å². The molecule has 33 heavy (non-hydrogen) atoms. The number of carbonyl (C=O) groups is 1. The molecule has 1 N–H and O–H groups in total. The summed E-state index contributed by atoms with van der Waals surface area (Å²) in [6.45, 7) is 5.59. The molecule has 1 aromatic heterocycles. The van der Waals surface area contributed by atoms with Gasteiger partial charge < -0.3 is 4.98 Å².